The number of nitrogens with one attached hydrogen (secondary N) is 1. The fourth-order valence-electron chi connectivity index (χ4n) is 1.87. The summed E-state index contributed by atoms with van der Waals surface area (Å²) in [6.07, 6.45) is 0.764. The van der Waals surface area contributed by atoms with Gasteiger partial charge in [0.05, 0.1) is 10.6 Å². The molecule has 1 atom stereocenters. The van der Waals surface area contributed by atoms with Gasteiger partial charge in [-0.25, -0.2) is 17.9 Å². The summed E-state index contributed by atoms with van der Waals surface area (Å²) >= 11 is 1.61. The Kier molecular flexibility index (Phi) is 4.42. The normalized spacial score (nSPS) is 13.2. The van der Waals surface area contributed by atoms with E-state index in [0.29, 0.717) is 0 Å². The van der Waals surface area contributed by atoms with Crippen molar-refractivity contribution in [1.82, 2.24) is 0 Å². The molecule has 3 N–H and O–H groups in total. The van der Waals surface area contributed by atoms with Gasteiger partial charge in [-0.3, -0.25) is 0 Å². The summed E-state index contributed by atoms with van der Waals surface area (Å²) in [5.41, 5.74) is 1.44. The summed E-state index contributed by atoms with van der Waals surface area (Å²) < 4.78 is 36.1. The van der Waals surface area contributed by atoms with Gasteiger partial charge in [-0.2, -0.15) is 11.3 Å². The van der Waals surface area contributed by atoms with Crippen molar-refractivity contribution in [1.29, 1.82) is 0 Å². The Morgan fingerprint density at radius 2 is 2.15 bits per heavy atom. The summed E-state index contributed by atoms with van der Waals surface area (Å²) in [7, 11) is -3.88. The van der Waals surface area contributed by atoms with Crippen LogP contribution in [0.3, 0.4) is 0 Å². The smallest absolute Gasteiger partial charge is 0.238 e. The SMILES string of the molecule is CC(Cc1ccsc1)Nc1ccc(S(N)(=O)=O)cc1F. The zero-order valence-corrected chi connectivity index (χ0v) is 12.5. The summed E-state index contributed by atoms with van der Waals surface area (Å²) in [6.45, 7) is 1.94. The van der Waals surface area contributed by atoms with Crippen LogP contribution in [0.1, 0.15) is 12.5 Å². The van der Waals surface area contributed by atoms with Crippen LogP contribution in [-0.4, -0.2) is 14.5 Å². The number of hydrogen-bond donors (Lipinski definition) is 2. The van der Waals surface area contributed by atoms with Crippen molar-refractivity contribution in [2.75, 3.05) is 5.32 Å². The Morgan fingerprint density at radius 3 is 2.70 bits per heavy atom. The van der Waals surface area contributed by atoms with Gasteiger partial charge in [0.2, 0.25) is 10.0 Å². The first-order chi connectivity index (χ1) is 9.36. The van der Waals surface area contributed by atoms with Crippen LogP contribution in [0.4, 0.5) is 10.1 Å². The van der Waals surface area contributed by atoms with Crippen LogP contribution in [-0.2, 0) is 16.4 Å². The molecule has 1 heterocycles. The van der Waals surface area contributed by atoms with Crippen LogP contribution < -0.4 is 10.5 Å². The number of thiophene rings is 1. The first kappa shape index (κ1) is 15.0. The van der Waals surface area contributed by atoms with E-state index in [9.17, 15) is 12.8 Å². The van der Waals surface area contributed by atoms with Crippen molar-refractivity contribution < 1.29 is 12.8 Å². The first-order valence-corrected chi connectivity index (χ1v) is 8.45. The summed E-state index contributed by atoms with van der Waals surface area (Å²) in [5.74, 6) is -0.631. The Bertz CT molecular complexity index is 684. The lowest BCUT2D eigenvalue weighted by Gasteiger charge is -2.15. The lowest BCUT2D eigenvalue weighted by atomic mass is 10.1. The second kappa shape index (κ2) is 5.90. The first-order valence-electron chi connectivity index (χ1n) is 5.96. The zero-order valence-electron chi connectivity index (χ0n) is 10.8. The molecule has 4 nitrogen and oxygen atoms in total. The summed E-state index contributed by atoms with van der Waals surface area (Å²) in [4.78, 5) is -0.231. The van der Waals surface area contributed by atoms with E-state index < -0.39 is 15.8 Å². The van der Waals surface area contributed by atoms with E-state index in [1.807, 2.05) is 23.8 Å². The number of primary sulfonamides is 1. The minimum Gasteiger partial charge on any atom is -0.380 e. The van der Waals surface area contributed by atoms with Crippen molar-refractivity contribution >= 4 is 27.0 Å². The minimum absolute atomic E-state index is 0.0273. The maximum atomic E-state index is 13.8. The van der Waals surface area contributed by atoms with Gasteiger partial charge in [-0.05, 0) is 53.9 Å². The average molecular weight is 314 g/mol. The van der Waals surface area contributed by atoms with Crippen molar-refractivity contribution in [2.24, 2.45) is 5.14 Å². The predicted molar refractivity (Wildman–Crippen MR) is 78.9 cm³/mol. The number of rotatable bonds is 5. The van der Waals surface area contributed by atoms with Gasteiger partial charge >= 0.3 is 0 Å². The maximum absolute atomic E-state index is 13.8. The zero-order chi connectivity index (χ0) is 14.8. The van der Waals surface area contributed by atoms with Crippen molar-refractivity contribution in [3.63, 3.8) is 0 Å². The van der Waals surface area contributed by atoms with Gasteiger partial charge in [0.15, 0.2) is 0 Å². The molecule has 0 aliphatic carbocycles. The van der Waals surface area contributed by atoms with Crippen LogP contribution in [0.25, 0.3) is 0 Å². The van der Waals surface area contributed by atoms with Gasteiger partial charge in [-0.1, -0.05) is 0 Å². The number of hydrogen-bond acceptors (Lipinski definition) is 4. The molecule has 1 aromatic carbocycles. The van der Waals surface area contributed by atoms with E-state index in [2.05, 4.69) is 5.32 Å². The molecule has 0 saturated carbocycles. The van der Waals surface area contributed by atoms with Crippen LogP contribution in [0.2, 0.25) is 0 Å². The maximum Gasteiger partial charge on any atom is 0.238 e. The van der Waals surface area contributed by atoms with Crippen molar-refractivity contribution in [3.05, 3.63) is 46.4 Å². The van der Waals surface area contributed by atoms with E-state index in [1.165, 1.54) is 17.7 Å². The number of benzene rings is 1. The van der Waals surface area contributed by atoms with E-state index in [1.54, 1.807) is 11.3 Å². The van der Waals surface area contributed by atoms with Gasteiger partial charge in [0.1, 0.15) is 5.82 Å². The molecule has 0 radical (unpaired) electrons. The minimum atomic E-state index is -3.88. The van der Waals surface area contributed by atoms with Gasteiger partial charge in [0.25, 0.3) is 0 Å². The van der Waals surface area contributed by atoms with Crippen LogP contribution in [0.15, 0.2) is 39.9 Å². The average Bonchev–Trinajstić information content (AvgIpc) is 2.83. The lowest BCUT2D eigenvalue weighted by molar-refractivity contribution is 0.592. The fourth-order valence-corrected chi connectivity index (χ4v) is 3.08. The van der Waals surface area contributed by atoms with Gasteiger partial charge in [-0.15, -0.1) is 0 Å². The largest absolute Gasteiger partial charge is 0.380 e. The van der Waals surface area contributed by atoms with Crippen LogP contribution in [0, 0.1) is 5.82 Å². The molecule has 1 aromatic heterocycles. The number of anilines is 1. The molecule has 0 aliphatic heterocycles. The highest BCUT2D eigenvalue weighted by Gasteiger charge is 2.13. The van der Waals surface area contributed by atoms with E-state index >= 15 is 0 Å². The number of nitrogens with two attached hydrogens (primary N) is 1. The Morgan fingerprint density at radius 1 is 1.40 bits per heavy atom. The summed E-state index contributed by atoms with van der Waals surface area (Å²) in [5, 5.41) is 12.0. The molecule has 0 saturated heterocycles. The standard InChI is InChI=1S/C13H15FN2O2S2/c1-9(6-10-4-5-19-8-10)16-13-3-2-11(7-12(13)14)20(15,17)18/h2-5,7-9,16H,6H2,1H3,(H2,15,17,18). The third-order valence-electron chi connectivity index (χ3n) is 2.79. The second-order valence-electron chi connectivity index (χ2n) is 4.57. The molecule has 2 rings (SSSR count). The Hall–Kier alpha value is -1.44. The predicted octanol–water partition coefficient (Wildman–Crippen LogP) is 2.58. The number of sulfonamides is 1. The fraction of sp³-hybridized carbons (Fsp3) is 0.231. The number of halogens is 1. The molecule has 7 heteroatoms. The van der Waals surface area contributed by atoms with Crippen molar-refractivity contribution in [2.45, 2.75) is 24.3 Å². The molecule has 1 unspecified atom stereocenters. The highest BCUT2D eigenvalue weighted by Crippen LogP contribution is 2.20. The highest BCUT2D eigenvalue weighted by molar-refractivity contribution is 7.89. The molecular weight excluding hydrogens is 299 g/mol. The van der Waals surface area contributed by atoms with Crippen molar-refractivity contribution in [3.8, 4) is 0 Å². The molecule has 0 spiro atoms. The Labute approximate surface area is 121 Å². The summed E-state index contributed by atoms with van der Waals surface area (Å²) in [6, 6.07) is 5.65. The van der Waals surface area contributed by atoms with E-state index in [-0.39, 0.29) is 16.6 Å². The monoisotopic (exact) mass is 314 g/mol. The third kappa shape index (κ3) is 3.78. The molecule has 0 amide bonds. The molecule has 108 valence electrons. The molecular formula is C13H15FN2O2S2. The lowest BCUT2D eigenvalue weighted by Crippen LogP contribution is -2.19. The molecule has 0 fully saturated rings. The Balaban J connectivity index is 2.10. The topological polar surface area (TPSA) is 72.2 Å². The third-order valence-corrected chi connectivity index (χ3v) is 4.44. The highest BCUT2D eigenvalue weighted by atomic mass is 32.2. The van der Waals surface area contributed by atoms with Crippen LogP contribution in [0.5, 0.6) is 0 Å². The molecule has 0 bridgehead atoms. The molecule has 2 aromatic rings. The van der Waals surface area contributed by atoms with E-state index in [4.69, 9.17) is 5.14 Å². The van der Waals surface area contributed by atoms with Gasteiger partial charge in [0, 0.05) is 6.04 Å². The van der Waals surface area contributed by atoms with Gasteiger partial charge < -0.3 is 5.32 Å². The molecule has 0 aliphatic rings. The quantitative estimate of drug-likeness (QED) is 0.891. The second-order valence-corrected chi connectivity index (χ2v) is 6.91. The molecule has 20 heavy (non-hydrogen) atoms. The van der Waals surface area contributed by atoms with Crippen LogP contribution >= 0.6 is 11.3 Å². The van der Waals surface area contributed by atoms with E-state index in [0.717, 1.165) is 12.5 Å².